The minimum absolute atomic E-state index is 0.174. The molecule has 0 unspecified atom stereocenters. The van der Waals surface area contributed by atoms with Crippen LogP contribution in [0.15, 0.2) is 24.4 Å². The molecule has 0 spiro atoms. The third-order valence-electron chi connectivity index (χ3n) is 2.19. The molecule has 2 rings (SSSR count). The molecule has 0 bridgehead atoms. The summed E-state index contributed by atoms with van der Waals surface area (Å²) in [5.74, 6) is 2.25. The van der Waals surface area contributed by atoms with Crippen molar-refractivity contribution in [2.24, 2.45) is 0 Å². The van der Waals surface area contributed by atoms with Crippen molar-refractivity contribution in [1.29, 1.82) is 0 Å². The first-order chi connectivity index (χ1) is 7.74. The summed E-state index contributed by atoms with van der Waals surface area (Å²) >= 11 is 0. The Bertz CT molecular complexity index is 568. The summed E-state index contributed by atoms with van der Waals surface area (Å²) in [4.78, 5) is 14.3. The third-order valence-corrected chi connectivity index (χ3v) is 2.19. The lowest BCUT2D eigenvalue weighted by molar-refractivity contribution is 0.343. The number of nitrogen functional groups attached to an aromatic ring is 1. The van der Waals surface area contributed by atoms with E-state index in [1.807, 2.05) is 19.2 Å². The molecule has 5 heteroatoms. The van der Waals surface area contributed by atoms with Crippen LogP contribution < -0.4 is 10.5 Å². The summed E-state index contributed by atoms with van der Waals surface area (Å²) in [6.07, 6.45) is 3.08. The zero-order chi connectivity index (χ0) is 11.5. The maximum absolute atomic E-state index is 10.0. The standard InChI is InChI=1S/C11H11N3O2/c1-8-11(16-7-3-6-15)14-5-2-4-9(12)10(14)13-8/h2-5H,7,12H2,1H3. The van der Waals surface area contributed by atoms with E-state index in [2.05, 4.69) is 4.98 Å². The van der Waals surface area contributed by atoms with E-state index in [1.54, 1.807) is 16.4 Å². The fourth-order valence-electron chi connectivity index (χ4n) is 1.51. The van der Waals surface area contributed by atoms with Crippen LogP contribution in [0.5, 0.6) is 5.88 Å². The molecule has 0 aromatic carbocycles. The van der Waals surface area contributed by atoms with Crippen molar-refractivity contribution in [3.8, 4) is 5.88 Å². The highest BCUT2D eigenvalue weighted by atomic mass is 16.5. The fraction of sp³-hybridized carbons (Fsp3) is 0.182. The molecule has 2 heterocycles. The number of pyridine rings is 1. The Hall–Kier alpha value is -2.26. The van der Waals surface area contributed by atoms with Crippen molar-refractivity contribution in [1.82, 2.24) is 9.38 Å². The predicted octanol–water partition coefficient (Wildman–Crippen LogP) is 0.992. The van der Waals surface area contributed by atoms with Gasteiger partial charge < -0.3 is 10.5 Å². The van der Waals surface area contributed by atoms with E-state index in [-0.39, 0.29) is 6.61 Å². The number of aromatic nitrogens is 2. The van der Waals surface area contributed by atoms with Crippen molar-refractivity contribution in [2.45, 2.75) is 6.92 Å². The number of nitrogens with two attached hydrogens (primary N) is 1. The molecule has 0 aliphatic rings. The fourth-order valence-corrected chi connectivity index (χ4v) is 1.51. The topological polar surface area (TPSA) is 69.6 Å². The normalized spacial score (nSPS) is 10.1. The molecule has 0 saturated heterocycles. The molecule has 0 aliphatic carbocycles. The van der Waals surface area contributed by atoms with Gasteiger partial charge >= 0.3 is 0 Å². The van der Waals surface area contributed by atoms with Gasteiger partial charge in [-0.2, -0.15) is 0 Å². The Morgan fingerprint density at radius 1 is 1.69 bits per heavy atom. The van der Waals surface area contributed by atoms with Gasteiger partial charge in [0.1, 0.15) is 18.2 Å². The Balaban J connectivity index is 2.47. The number of rotatable bonds is 3. The lowest BCUT2D eigenvalue weighted by Gasteiger charge is -2.03. The van der Waals surface area contributed by atoms with Crippen LogP contribution in [0, 0.1) is 6.92 Å². The van der Waals surface area contributed by atoms with Crippen LogP contribution >= 0.6 is 0 Å². The highest BCUT2D eigenvalue weighted by Gasteiger charge is 2.10. The van der Waals surface area contributed by atoms with E-state index in [0.29, 0.717) is 17.2 Å². The summed E-state index contributed by atoms with van der Waals surface area (Å²) in [6, 6.07) is 3.59. The van der Waals surface area contributed by atoms with Gasteiger partial charge in [-0.05, 0) is 19.1 Å². The summed E-state index contributed by atoms with van der Waals surface area (Å²) < 4.78 is 7.17. The number of hydrogen-bond acceptors (Lipinski definition) is 4. The average Bonchev–Trinajstić information content (AvgIpc) is 2.58. The van der Waals surface area contributed by atoms with Crippen molar-refractivity contribution in [2.75, 3.05) is 12.3 Å². The predicted molar refractivity (Wildman–Crippen MR) is 60.1 cm³/mol. The molecule has 0 aliphatic heterocycles. The van der Waals surface area contributed by atoms with E-state index in [1.165, 1.54) is 6.08 Å². The molecule has 0 radical (unpaired) electrons. The van der Waals surface area contributed by atoms with Crippen LogP contribution in [-0.4, -0.2) is 21.9 Å². The van der Waals surface area contributed by atoms with E-state index in [0.717, 1.165) is 5.69 Å². The first-order valence-corrected chi connectivity index (χ1v) is 4.79. The van der Waals surface area contributed by atoms with Gasteiger partial charge in [0.25, 0.3) is 0 Å². The summed E-state index contributed by atoms with van der Waals surface area (Å²) in [5.41, 5.74) is 7.76. The van der Waals surface area contributed by atoms with E-state index in [4.69, 9.17) is 10.5 Å². The lowest BCUT2D eigenvalue weighted by Crippen LogP contribution is -1.99. The molecular weight excluding hydrogens is 206 g/mol. The van der Waals surface area contributed by atoms with E-state index >= 15 is 0 Å². The first kappa shape index (κ1) is 10.3. The van der Waals surface area contributed by atoms with Gasteiger partial charge in [0.05, 0.1) is 5.69 Å². The van der Waals surface area contributed by atoms with Gasteiger partial charge in [0.2, 0.25) is 5.88 Å². The number of hydrogen-bond donors (Lipinski definition) is 1. The zero-order valence-corrected chi connectivity index (χ0v) is 8.80. The van der Waals surface area contributed by atoms with Crippen LogP contribution in [0.4, 0.5) is 5.69 Å². The molecule has 2 N–H and O–H groups in total. The molecule has 16 heavy (non-hydrogen) atoms. The minimum atomic E-state index is 0.174. The van der Waals surface area contributed by atoms with Gasteiger partial charge in [-0.3, -0.25) is 4.40 Å². The SMILES string of the molecule is Cc1nc2c(N)cccn2c1OCC=C=O. The summed E-state index contributed by atoms with van der Waals surface area (Å²) in [6.45, 7) is 2.00. The number of imidazole rings is 1. The Morgan fingerprint density at radius 2 is 2.50 bits per heavy atom. The first-order valence-electron chi connectivity index (χ1n) is 4.79. The summed E-state index contributed by atoms with van der Waals surface area (Å²) in [5, 5.41) is 0. The van der Waals surface area contributed by atoms with Crippen molar-refractivity contribution >= 4 is 17.3 Å². The van der Waals surface area contributed by atoms with E-state index < -0.39 is 0 Å². The second-order valence-electron chi connectivity index (χ2n) is 3.29. The number of aryl methyl sites for hydroxylation is 1. The van der Waals surface area contributed by atoms with Crippen molar-refractivity contribution in [3.63, 3.8) is 0 Å². The Kier molecular flexibility index (Phi) is 2.62. The number of ether oxygens (including phenoxy) is 1. The van der Waals surface area contributed by atoms with Crippen molar-refractivity contribution in [3.05, 3.63) is 30.1 Å². The number of carbonyl (C=O) groups excluding carboxylic acids is 1. The molecule has 0 saturated carbocycles. The van der Waals surface area contributed by atoms with Crippen LogP contribution in [0.25, 0.3) is 5.65 Å². The molecule has 0 fully saturated rings. The average molecular weight is 217 g/mol. The van der Waals surface area contributed by atoms with Crippen LogP contribution in [-0.2, 0) is 4.79 Å². The van der Waals surface area contributed by atoms with Gasteiger partial charge in [0.15, 0.2) is 5.65 Å². The molecule has 82 valence electrons. The second-order valence-corrected chi connectivity index (χ2v) is 3.29. The van der Waals surface area contributed by atoms with Gasteiger partial charge in [-0.1, -0.05) is 0 Å². The van der Waals surface area contributed by atoms with E-state index in [9.17, 15) is 4.79 Å². The van der Waals surface area contributed by atoms with Crippen LogP contribution in [0.3, 0.4) is 0 Å². The second kappa shape index (κ2) is 4.08. The maximum Gasteiger partial charge on any atom is 0.221 e. The largest absolute Gasteiger partial charge is 0.472 e. The quantitative estimate of drug-likeness (QED) is 0.778. The highest BCUT2D eigenvalue weighted by molar-refractivity contribution is 5.66. The van der Waals surface area contributed by atoms with Gasteiger partial charge in [-0.15, -0.1) is 0 Å². The van der Waals surface area contributed by atoms with Crippen LogP contribution in [0.2, 0.25) is 0 Å². The Morgan fingerprint density at radius 3 is 3.25 bits per heavy atom. The molecule has 0 atom stereocenters. The monoisotopic (exact) mass is 217 g/mol. The van der Waals surface area contributed by atoms with Crippen LogP contribution in [0.1, 0.15) is 5.69 Å². The number of nitrogens with zero attached hydrogens (tertiary/aromatic N) is 2. The lowest BCUT2D eigenvalue weighted by atomic mass is 10.4. The molecular formula is C11H11N3O2. The van der Waals surface area contributed by atoms with Crippen molar-refractivity contribution < 1.29 is 9.53 Å². The highest BCUT2D eigenvalue weighted by Crippen LogP contribution is 2.23. The smallest absolute Gasteiger partial charge is 0.221 e. The van der Waals surface area contributed by atoms with Gasteiger partial charge in [0, 0.05) is 12.3 Å². The third kappa shape index (κ3) is 1.64. The molecule has 2 aromatic heterocycles. The number of fused-ring (bicyclic) bond motifs is 1. The zero-order valence-electron chi connectivity index (χ0n) is 8.80. The Labute approximate surface area is 92.2 Å². The summed E-state index contributed by atoms with van der Waals surface area (Å²) in [7, 11) is 0. The minimum Gasteiger partial charge on any atom is -0.472 e. The molecule has 2 aromatic rings. The number of anilines is 1. The molecule has 0 amide bonds. The van der Waals surface area contributed by atoms with Gasteiger partial charge in [-0.25, -0.2) is 9.78 Å². The molecule has 5 nitrogen and oxygen atoms in total. The maximum atomic E-state index is 10.0.